The van der Waals surface area contributed by atoms with E-state index in [0.29, 0.717) is 6.04 Å². The van der Waals surface area contributed by atoms with Gasteiger partial charge in [-0.2, -0.15) is 0 Å². The summed E-state index contributed by atoms with van der Waals surface area (Å²) in [6.07, 6.45) is 8.00. The molecule has 0 fully saturated rings. The van der Waals surface area contributed by atoms with Gasteiger partial charge in [0, 0.05) is 11.7 Å². The third-order valence-electron chi connectivity index (χ3n) is 1.97. The van der Waals surface area contributed by atoms with Gasteiger partial charge in [-0.1, -0.05) is 50.3 Å². The molecule has 1 aromatic rings. The van der Waals surface area contributed by atoms with E-state index in [1.54, 1.807) is 0 Å². The Morgan fingerprint density at radius 3 is 1.89 bits per heavy atom. The number of anilines is 1. The number of benzene rings is 1. The van der Waals surface area contributed by atoms with Crippen LogP contribution >= 0.6 is 0 Å². The van der Waals surface area contributed by atoms with Crippen LogP contribution in [0.15, 0.2) is 48.6 Å². The Labute approximate surface area is 120 Å². The fourth-order valence-electron chi connectivity index (χ4n) is 1.29. The molecule has 0 aliphatic rings. The molecule has 0 saturated heterocycles. The summed E-state index contributed by atoms with van der Waals surface area (Å²) >= 11 is 0. The zero-order valence-electron chi connectivity index (χ0n) is 13.7. The predicted molar refractivity (Wildman–Crippen MR) is 90.9 cm³/mol. The van der Waals surface area contributed by atoms with Gasteiger partial charge in [0.2, 0.25) is 0 Å². The molecule has 0 radical (unpaired) electrons. The Hall–Kier alpha value is -1.50. The second kappa shape index (κ2) is 14.6. The van der Waals surface area contributed by atoms with E-state index in [-0.39, 0.29) is 0 Å². The molecule has 0 atom stereocenters. The van der Waals surface area contributed by atoms with Gasteiger partial charge in [0.15, 0.2) is 0 Å². The normalized spacial score (nSPS) is 9.89. The van der Waals surface area contributed by atoms with Gasteiger partial charge in [0.25, 0.3) is 0 Å². The average Bonchev–Trinajstić information content (AvgIpc) is 2.39. The van der Waals surface area contributed by atoms with E-state index >= 15 is 0 Å². The van der Waals surface area contributed by atoms with Gasteiger partial charge in [-0.3, -0.25) is 0 Å². The summed E-state index contributed by atoms with van der Waals surface area (Å²) in [7, 11) is 0. The topological polar surface area (TPSA) is 12.0 Å². The van der Waals surface area contributed by atoms with Crippen molar-refractivity contribution >= 4 is 5.69 Å². The van der Waals surface area contributed by atoms with Crippen molar-refractivity contribution in [2.75, 3.05) is 5.32 Å². The SMILES string of the molecule is C/C=C\C=C/C.CC.Cc1cccc(NC(C)C)c1. The summed E-state index contributed by atoms with van der Waals surface area (Å²) in [5, 5.41) is 3.35. The van der Waals surface area contributed by atoms with E-state index in [2.05, 4.69) is 50.4 Å². The molecule has 0 aliphatic carbocycles. The first-order valence-corrected chi connectivity index (χ1v) is 7.17. The number of allylic oxidation sites excluding steroid dienone is 4. The van der Waals surface area contributed by atoms with Crippen molar-refractivity contribution in [3.8, 4) is 0 Å². The van der Waals surface area contributed by atoms with Crippen molar-refractivity contribution in [2.24, 2.45) is 0 Å². The molecule has 1 nitrogen and oxygen atoms in total. The minimum Gasteiger partial charge on any atom is -0.383 e. The van der Waals surface area contributed by atoms with Crippen LogP contribution in [0.3, 0.4) is 0 Å². The first-order valence-electron chi connectivity index (χ1n) is 7.17. The van der Waals surface area contributed by atoms with Crippen LogP contribution in [0, 0.1) is 6.92 Å². The molecular weight excluding hydrogens is 230 g/mol. The summed E-state index contributed by atoms with van der Waals surface area (Å²) in [6.45, 7) is 14.4. The lowest BCUT2D eigenvalue weighted by Gasteiger charge is -2.09. The van der Waals surface area contributed by atoms with E-state index in [4.69, 9.17) is 0 Å². The standard InChI is InChI=1S/C10H15N.C6H10.C2H6/c1-8(2)11-10-6-4-5-9(3)7-10;1-3-5-6-4-2;1-2/h4-8,11H,1-3H3;3-6H,1-2H3;1-2H3/b;5-3-,6-4-;. The van der Waals surface area contributed by atoms with Crippen molar-refractivity contribution in [1.29, 1.82) is 0 Å². The maximum Gasteiger partial charge on any atom is 0.0344 e. The number of nitrogens with one attached hydrogen (secondary N) is 1. The van der Waals surface area contributed by atoms with Gasteiger partial charge in [-0.05, 0) is 52.3 Å². The quantitative estimate of drug-likeness (QED) is 0.660. The zero-order valence-corrected chi connectivity index (χ0v) is 13.7. The van der Waals surface area contributed by atoms with Crippen molar-refractivity contribution in [3.63, 3.8) is 0 Å². The van der Waals surface area contributed by atoms with Crippen LogP contribution in [0.1, 0.15) is 47.1 Å². The molecule has 0 spiro atoms. The molecule has 0 amide bonds. The lowest BCUT2D eigenvalue weighted by Crippen LogP contribution is -2.09. The summed E-state index contributed by atoms with van der Waals surface area (Å²) in [4.78, 5) is 0. The van der Waals surface area contributed by atoms with Crippen molar-refractivity contribution in [1.82, 2.24) is 0 Å². The minimum absolute atomic E-state index is 0.511. The fraction of sp³-hybridized carbons (Fsp3) is 0.444. The molecule has 0 unspecified atom stereocenters. The maximum atomic E-state index is 3.35. The Bertz CT molecular complexity index is 338. The van der Waals surface area contributed by atoms with Crippen LogP contribution in [0.4, 0.5) is 5.69 Å². The first-order chi connectivity index (χ1) is 9.10. The van der Waals surface area contributed by atoms with Gasteiger partial charge in [-0.25, -0.2) is 0 Å². The van der Waals surface area contributed by atoms with Gasteiger partial charge in [-0.15, -0.1) is 0 Å². The highest BCUT2D eigenvalue weighted by Gasteiger charge is 1.93. The molecule has 1 N–H and O–H groups in total. The number of hydrogen-bond donors (Lipinski definition) is 1. The van der Waals surface area contributed by atoms with Gasteiger partial charge < -0.3 is 5.32 Å². The maximum absolute atomic E-state index is 3.35. The molecule has 1 heteroatoms. The highest BCUT2D eigenvalue weighted by Crippen LogP contribution is 2.10. The van der Waals surface area contributed by atoms with Crippen LogP contribution in [0.5, 0.6) is 0 Å². The van der Waals surface area contributed by atoms with Gasteiger partial charge in [0.1, 0.15) is 0 Å². The van der Waals surface area contributed by atoms with Gasteiger partial charge >= 0.3 is 0 Å². The van der Waals surface area contributed by atoms with Crippen molar-refractivity contribution < 1.29 is 0 Å². The highest BCUT2D eigenvalue weighted by molar-refractivity contribution is 5.45. The Morgan fingerprint density at radius 2 is 1.53 bits per heavy atom. The van der Waals surface area contributed by atoms with Crippen LogP contribution in [0.2, 0.25) is 0 Å². The smallest absolute Gasteiger partial charge is 0.0344 e. The summed E-state index contributed by atoms with van der Waals surface area (Å²) < 4.78 is 0. The largest absolute Gasteiger partial charge is 0.383 e. The summed E-state index contributed by atoms with van der Waals surface area (Å²) in [5.41, 5.74) is 2.51. The molecule has 108 valence electrons. The second-order valence-electron chi connectivity index (χ2n) is 4.22. The number of rotatable bonds is 3. The van der Waals surface area contributed by atoms with Gasteiger partial charge in [0.05, 0.1) is 0 Å². The Balaban J connectivity index is 0. The highest BCUT2D eigenvalue weighted by atomic mass is 14.9. The Kier molecular flexibility index (Phi) is 15.2. The molecular formula is C18H31N. The van der Waals surface area contributed by atoms with E-state index in [1.807, 2.05) is 52.0 Å². The molecule has 1 aromatic carbocycles. The lowest BCUT2D eigenvalue weighted by atomic mass is 10.2. The molecule has 0 aromatic heterocycles. The average molecular weight is 261 g/mol. The molecule has 0 aliphatic heterocycles. The predicted octanol–water partition coefficient (Wildman–Crippen LogP) is 5.98. The van der Waals surface area contributed by atoms with Crippen LogP contribution in [-0.2, 0) is 0 Å². The van der Waals surface area contributed by atoms with Crippen molar-refractivity contribution in [2.45, 2.75) is 54.5 Å². The fourth-order valence-corrected chi connectivity index (χ4v) is 1.29. The third kappa shape index (κ3) is 14.4. The third-order valence-corrected chi connectivity index (χ3v) is 1.97. The zero-order chi connectivity index (χ0) is 15.1. The number of hydrogen-bond acceptors (Lipinski definition) is 1. The molecule has 1 rings (SSSR count). The van der Waals surface area contributed by atoms with E-state index in [9.17, 15) is 0 Å². The monoisotopic (exact) mass is 261 g/mol. The molecule has 0 saturated carbocycles. The Morgan fingerprint density at radius 1 is 1.00 bits per heavy atom. The summed E-state index contributed by atoms with van der Waals surface area (Å²) in [6, 6.07) is 8.93. The molecule has 19 heavy (non-hydrogen) atoms. The van der Waals surface area contributed by atoms with Crippen LogP contribution < -0.4 is 5.32 Å². The molecule has 0 heterocycles. The first kappa shape index (κ1) is 19.8. The second-order valence-corrected chi connectivity index (χ2v) is 4.22. The van der Waals surface area contributed by atoms with Crippen LogP contribution in [-0.4, -0.2) is 6.04 Å². The molecule has 0 bridgehead atoms. The minimum atomic E-state index is 0.511. The lowest BCUT2D eigenvalue weighted by molar-refractivity contribution is 0.899. The number of aryl methyl sites for hydroxylation is 1. The van der Waals surface area contributed by atoms with E-state index < -0.39 is 0 Å². The summed E-state index contributed by atoms with van der Waals surface area (Å²) in [5.74, 6) is 0. The van der Waals surface area contributed by atoms with Crippen molar-refractivity contribution in [3.05, 3.63) is 54.1 Å². The van der Waals surface area contributed by atoms with E-state index in [0.717, 1.165) is 0 Å². The van der Waals surface area contributed by atoms with Crippen LogP contribution in [0.25, 0.3) is 0 Å². The van der Waals surface area contributed by atoms with E-state index in [1.165, 1.54) is 11.3 Å².